The number of aryl methyl sites for hydroxylation is 1. The van der Waals surface area contributed by atoms with E-state index in [0.717, 1.165) is 28.5 Å². The molecule has 0 fully saturated rings. The van der Waals surface area contributed by atoms with Crippen molar-refractivity contribution in [2.24, 2.45) is 0 Å². The molecule has 0 saturated heterocycles. The summed E-state index contributed by atoms with van der Waals surface area (Å²) in [4.78, 5) is 8.91. The fourth-order valence-electron chi connectivity index (χ4n) is 2.14. The average Bonchev–Trinajstić information content (AvgIpc) is 2.48. The molecule has 5 nitrogen and oxygen atoms in total. The summed E-state index contributed by atoms with van der Waals surface area (Å²) in [5.41, 5.74) is 2.87. The lowest BCUT2D eigenvalue weighted by Crippen LogP contribution is -2.03. The minimum atomic E-state index is 0.687. The summed E-state index contributed by atoms with van der Waals surface area (Å²) in [6.07, 6.45) is 0. The van der Waals surface area contributed by atoms with Crippen molar-refractivity contribution in [3.05, 3.63) is 29.6 Å². The van der Waals surface area contributed by atoms with Crippen LogP contribution in [0.3, 0.4) is 0 Å². The molecule has 0 aliphatic heterocycles. The van der Waals surface area contributed by atoms with Crippen LogP contribution in [-0.4, -0.2) is 31.2 Å². The Hall–Kier alpha value is -2.30. The van der Waals surface area contributed by atoms with E-state index in [2.05, 4.69) is 15.3 Å². The molecule has 5 heteroatoms. The maximum Gasteiger partial charge on any atom is 0.161 e. The summed E-state index contributed by atoms with van der Waals surface area (Å²) in [5, 5.41) is 3.09. The van der Waals surface area contributed by atoms with Crippen molar-refractivity contribution in [3.63, 3.8) is 0 Å². The molecule has 2 rings (SSSR count). The molecule has 106 valence electrons. The third kappa shape index (κ3) is 2.52. The molecule has 2 aromatic rings. The Bertz CT molecular complexity index is 627. The van der Waals surface area contributed by atoms with Gasteiger partial charge < -0.3 is 14.8 Å². The first-order valence-electron chi connectivity index (χ1n) is 6.36. The molecule has 0 saturated carbocycles. The van der Waals surface area contributed by atoms with E-state index >= 15 is 0 Å². The summed E-state index contributed by atoms with van der Waals surface area (Å²) in [6, 6.07) is 5.77. The maximum atomic E-state index is 5.34. The van der Waals surface area contributed by atoms with Gasteiger partial charge in [0, 0.05) is 18.2 Å². The number of rotatable bonds is 4. The van der Waals surface area contributed by atoms with Crippen LogP contribution in [0.1, 0.15) is 11.4 Å². The molecule has 0 amide bonds. The first-order valence-corrected chi connectivity index (χ1v) is 6.36. The molecule has 0 aliphatic carbocycles. The highest BCUT2D eigenvalue weighted by Crippen LogP contribution is 2.33. The first kappa shape index (κ1) is 14.1. The van der Waals surface area contributed by atoms with Gasteiger partial charge in [0.05, 0.1) is 19.9 Å². The second-order valence-electron chi connectivity index (χ2n) is 4.41. The van der Waals surface area contributed by atoms with Crippen LogP contribution in [0.15, 0.2) is 18.2 Å². The first-order chi connectivity index (χ1) is 9.60. The molecule has 0 bridgehead atoms. The number of benzene rings is 1. The van der Waals surface area contributed by atoms with Crippen LogP contribution in [0.25, 0.3) is 11.3 Å². The van der Waals surface area contributed by atoms with Gasteiger partial charge in [-0.3, -0.25) is 0 Å². The minimum Gasteiger partial charge on any atom is -0.493 e. The Balaban J connectivity index is 2.59. The van der Waals surface area contributed by atoms with Crippen molar-refractivity contribution in [3.8, 4) is 22.8 Å². The maximum absolute atomic E-state index is 5.34. The molecule has 0 atom stereocenters. The molecular weight excluding hydrogens is 254 g/mol. The number of nitrogens with zero attached hydrogens (tertiary/aromatic N) is 2. The van der Waals surface area contributed by atoms with Gasteiger partial charge in [-0.05, 0) is 32.0 Å². The van der Waals surface area contributed by atoms with E-state index in [4.69, 9.17) is 9.47 Å². The van der Waals surface area contributed by atoms with Crippen LogP contribution >= 0.6 is 0 Å². The van der Waals surface area contributed by atoms with Crippen molar-refractivity contribution in [1.29, 1.82) is 0 Å². The highest BCUT2D eigenvalue weighted by Gasteiger charge is 2.13. The summed E-state index contributed by atoms with van der Waals surface area (Å²) in [6.45, 7) is 3.88. The predicted octanol–water partition coefficient (Wildman–Crippen LogP) is 2.82. The zero-order chi connectivity index (χ0) is 14.7. The Labute approximate surface area is 119 Å². The Morgan fingerprint density at radius 2 is 1.70 bits per heavy atom. The van der Waals surface area contributed by atoms with Gasteiger partial charge in [0.15, 0.2) is 11.5 Å². The van der Waals surface area contributed by atoms with Crippen LogP contribution < -0.4 is 14.8 Å². The molecule has 0 aliphatic rings. The Kier molecular flexibility index (Phi) is 4.08. The SMILES string of the molecule is CNc1nc(C)nc(-c2ccc(OC)c(OC)c2)c1C. The number of aromatic nitrogens is 2. The summed E-state index contributed by atoms with van der Waals surface area (Å²) in [7, 11) is 5.10. The molecular formula is C15H19N3O2. The topological polar surface area (TPSA) is 56.3 Å². The summed E-state index contributed by atoms with van der Waals surface area (Å²) < 4.78 is 10.6. The molecule has 1 aromatic heterocycles. The van der Waals surface area contributed by atoms with E-state index in [9.17, 15) is 0 Å². The fourth-order valence-corrected chi connectivity index (χ4v) is 2.14. The molecule has 1 heterocycles. The van der Waals surface area contributed by atoms with Gasteiger partial charge in [0.1, 0.15) is 11.6 Å². The van der Waals surface area contributed by atoms with Gasteiger partial charge in [-0.15, -0.1) is 0 Å². The third-order valence-corrected chi connectivity index (χ3v) is 3.15. The van der Waals surface area contributed by atoms with Gasteiger partial charge in [-0.25, -0.2) is 9.97 Å². The van der Waals surface area contributed by atoms with Crippen LogP contribution in [0.5, 0.6) is 11.5 Å². The largest absolute Gasteiger partial charge is 0.493 e. The van der Waals surface area contributed by atoms with E-state index in [-0.39, 0.29) is 0 Å². The number of ether oxygens (including phenoxy) is 2. The summed E-state index contributed by atoms with van der Waals surface area (Å²) >= 11 is 0. The zero-order valence-corrected chi connectivity index (χ0v) is 12.4. The Morgan fingerprint density at radius 1 is 1.00 bits per heavy atom. The van der Waals surface area contributed by atoms with Crippen molar-refractivity contribution in [1.82, 2.24) is 9.97 Å². The lowest BCUT2D eigenvalue weighted by Gasteiger charge is -2.13. The van der Waals surface area contributed by atoms with Gasteiger partial charge in [0.2, 0.25) is 0 Å². The molecule has 0 unspecified atom stereocenters. The highest BCUT2D eigenvalue weighted by atomic mass is 16.5. The average molecular weight is 273 g/mol. The Morgan fingerprint density at radius 3 is 2.30 bits per heavy atom. The van der Waals surface area contributed by atoms with Crippen molar-refractivity contribution >= 4 is 5.82 Å². The quantitative estimate of drug-likeness (QED) is 0.928. The van der Waals surface area contributed by atoms with E-state index in [1.807, 2.05) is 39.1 Å². The van der Waals surface area contributed by atoms with Gasteiger partial charge in [-0.2, -0.15) is 0 Å². The third-order valence-electron chi connectivity index (χ3n) is 3.15. The fraction of sp³-hybridized carbons (Fsp3) is 0.333. The van der Waals surface area contributed by atoms with Crippen molar-refractivity contribution in [2.45, 2.75) is 13.8 Å². The van der Waals surface area contributed by atoms with Gasteiger partial charge in [-0.1, -0.05) is 0 Å². The second-order valence-corrected chi connectivity index (χ2v) is 4.41. The van der Waals surface area contributed by atoms with E-state index in [1.165, 1.54) is 0 Å². The van der Waals surface area contributed by atoms with E-state index < -0.39 is 0 Å². The van der Waals surface area contributed by atoms with Crippen molar-refractivity contribution in [2.75, 3.05) is 26.6 Å². The van der Waals surface area contributed by atoms with Crippen LogP contribution in [0.2, 0.25) is 0 Å². The number of hydrogen-bond acceptors (Lipinski definition) is 5. The normalized spacial score (nSPS) is 10.2. The lowest BCUT2D eigenvalue weighted by atomic mass is 10.1. The molecule has 1 N–H and O–H groups in total. The van der Waals surface area contributed by atoms with E-state index in [1.54, 1.807) is 14.2 Å². The standard InChI is InChI=1S/C15H19N3O2/c1-9-14(17-10(2)18-15(9)16-3)11-6-7-12(19-4)13(8-11)20-5/h6-8H,1-5H3,(H,16,17,18). The van der Waals surface area contributed by atoms with E-state index in [0.29, 0.717) is 11.5 Å². The zero-order valence-electron chi connectivity index (χ0n) is 12.4. The molecule has 1 aromatic carbocycles. The van der Waals surface area contributed by atoms with Gasteiger partial charge in [0.25, 0.3) is 0 Å². The van der Waals surface area contributed by atoms with Crippen LogP contribution in [-0.2, 0) is 0 Å². The predicted molar refractivity (Wildman–Crippen MR) is 79.6 cm³/mol. The monoisotopic (exact) mass is 273 g/mol. The number of hydrogen-bond donors (Lipinski definition) is 1. The lowest BCUT2D eigenvalue weighted by molar-refractivity contribution is 0.355. The number of nitrogens with one attached hydrogen (secondary N) is 1. The van der Waals surface area contributed by atoms with Crippen molar-refractivity contribution < 1.29 is 9.47 Å². The number of methoxy groups -OCH3 is 2. The van der Waals surface area contributed by atoms with Crippen LogP contribution in [0.4, 0.5) is 5.82 Å². The van der Waals surface area contributed by atoms with Gasteiger partial charge >= 0.3 is 0 Å². The second kappa shape index (κ2) is 5.77. The number of anilines is 1. The molecule has 0 radical (unpaired) electrons. The molecule has 0 spiro atoms. The molecule has 20 heavy (non-hydrogen) atoms. The minimum absolute atomic E-state index is 0.687. The summed E-state index contributed by atoms with van der Waals surface area (Å²) in [5.74, 6) is 2.95. The smallest absolute Gasteiger partial charge is 0.161 e. The highest BCUT2D eigenvalue weighted by molar-refractivity contribution is 5.70. The van der Waals surface area contributed by atoms with Crippen LogP contribution in [0, 0.1) is 13.8 Å².